The molecule has 0 rings (SSSR count). The average molecular weight is 232 g/mol. The second-order valence-corrected chi connectivity index (χ2v) is 3.79. The summed E-state index contributed by atoms with van der Waals surface area (Å²) in [5.41, 5.74) is 0. The van der Waals surface area contributed by atoms with E-state index in [4.69, 9.17) is 0 Å². The van der Waals surface area contributed by atoms with Crippen LogP contribution in [0.3, 0.4) is 0 Å². The van der Waals surface area contributed by atoms with Crippen molar-refractivity contribution in [2.75, 3.05) is 12.3 Å². The summed E-state index contributed by atoms with van der Waals surface area (Å²) >= 11 is 3.90. The van der Waals surface area contributed by atoms with Crippen LogP contribution in [0.4, 0.5) is 4.79 Å². The number of hydrogen-bond donors (Lipinski definition) is 3. The van der Waals surface area contributed by atoms with Gasteiger partial charge in [0.15, 0.2) is 0 Å². The van der Waals surface area contributed by atoms with Crippen LogP contribution >= 0.6 is 12.6 Å². The lowest BCUT2D eigenvalue weighted by Crippen LogP contribution is -2.39. The largest absolute Gasteiger partial charge is 0.338 e. The van der Waals surface area contributed by atoms with Gasteiger partial charge in [-0.3, -0.25) is 10.1 Å². The smallest absolute Gasteiger partial charge is 0.321 e. The van der Waals surface area contributed by atoms with Crippen LogP contribution < -0.4 is 10.6 Å². The molecule has 15 heavy (non-hydrogen) atoms. The zero-order chi connectivity index (χ0) is 11.5. The fourth-order valence-electron chi connectivity index (χ4n) is 1.09. The summed E-state index contributed by atoms with van der Waals surface area (Å²) < 4.78 is 0. The third kappa shape index (κ3) is 9.59. The third-order valence-corrected chi connectivity index (χ3v) is 2.13. The van der Waals surface area contributed by atoms with Crippen molar-refractivity contribution in [3.05, 3.63) is 0 Å². The van der Waals surface area contributed by atoms with Gasteiger partial charge in [-0.1, -0.05) is 26.2 Å². The lowest BCUT2D eigenvalue weighted by atomic mass is 10.2. The molecule has 0 aromatic heterocycles. The highest BCUT2D eigenvalue weighted by Gasteiger charge is 2.04. The SMILES string of the molecule is CCCCCCNC(=O)NC(=O)CCS. The molecule has 0 bridgehead atoms. The standard InChI is InChI=1S/C10H20N2O2S/c1-2-3-4-5-7-11-10(14)12-9(13)6-8-15/h15H,2-8H2,1H3,(H2,11,12,13,14). The van der Waals surface area contributed by atoms with Gasteiger partial charge in [-0.15, -0.1) is 0 Å². The molecule has 0 aromatic rings. The number of carbonyl (C=O) groups is 2. The van der Waals surface area contributed by atoms with Crippen LogP contribution in [0.1, 0.15) is 39.0 Å². The van der Waals surface area contributed by atoms with Crippen LogP contribution in [0.5, 0.6) is 0 Å². The molecule has 0 spiro atoms. The quantitative estimate of drug-likeness (QED) is 0.462. The number of thiol groups is 1. The first-order chi connectivity index (χ1) is 7.20. The fraction of sp³-hybridized carbons (Fsp3) is 0.800. The van der Waals surface area contributed by atoms with Crippen molar-refractivity contribution >= 4 is 24.6 Å². The Kier molecular flexibility index (Phi) is 9.36. The third-order valence-electron chi connectivity index (χ3n) is 1.91. The van der Waals surface area contributed by atoms with Crippen LogP contribution in [0.25, 0.3) is 0 Å². The molecular formula is C10H20N2O2S. The van der Waals surface area contributed by atoms with E-state index in [1.807, 2.05) is 0 Å². The summed E-state index contributed by atoms with van der Waals surface area (Å²) in [5.74, 6) is 0.173. The van der Waals surface area contributed by atoms with Gasteiger partial charge in [0, 0.05) is 13.0 Å². The fourth-order valence-corrected chi connectivity index (χ4v) is 1.29. The molecule has 3 amide bonds. The van der Waals surface area contributed by atoms with Gasteiger partial charge < -0.3 is 5.32 Å². The molecule has 0 heterocycles. The summed E-state index contributed by atoms with van der Waals surface area (Å²) in [5, 5.41) is 4.87. The number of carbonyl (C=O) groups excluding carboxylic acids is 2. The molecule has 0 saturated heterocycles. The van der Waals surface area contributed by atoms with Crippen molar-refractivity contribution in [2.24, 2.45) is 0 Å². The molecule has 2 N–H and O–H groups in total. The topological polar surface area (TPSA) is 58.2 Å². The van der Waals surface area contributed by atoms with E-state index in [-0.39, 0.29) is 12.3 Å². The van der Waals surface area contributed by atoms with Gasteiger partial charge in [0.2, 0.25) is 5.91 Å². The highest BCUT2D eigenvalue weighted by atomic mass is 32.1. The molecule has 0 radical (unpaired) electrons. The second-order valence-electron chi connectivity index (χ2n) is 3.34. The number of hydrogen-bond acceptors (Lipinski definition) is 3. The molecule has 0 fully saturated rings. The number of unbranched alkanes of at least 4 members (excludes halogenated alkanes) is 3. The monoisotopic (exact) mass is 232 g/mol. The van der Waals surface area contributed by atoms with E-state index in [1.54, 1.807) is 0 Å². The Morgan fingerprint density at radius 1 is 1.20 bits per heavy atom. The Labute approximate surface area is 96.6 Å². The Bertz CT molecular complexity index is 198. The van der Waals surface area contributed by atoms with Crippen molar-refractivity contribution in [3.8, 4) is 0 Å². The predicted molar refractivity (Wildman–Crippen MR) is 64.2 cm³/mol. The zero-order valence-corrected chi connectivity index (χ0v) is 10.1. The average Bonchev–Trinajstić information content (AvgIpc) is 2.17. The van der Waals surface area contributed by atoms with E-state index in [0.717, 1.165) is 12.8 Å². The lowest BCUT2D eigenvalue weighted by molar-refractivity contribution is -0.119. The van der Waals surface area contributed by atoms with Gasteiger partial charge in [-0.05, 0) is 12.2 Å². The van der Waals surface area contributed by atoms with E-state index in [2.05, 4.69) is 30.2 Å². The maximum Gasteiger partial charge on any atom is 0.321 e. The van der Waals surface area contributed by atoms with E-state index >= 15 is 0 Å². The number of urea groups is 1. The molecule has 0 atom stereocenters. The summed E-state index contributed by atoms with van der Waals surface area (Å²) in [6, 6.07) is -0.404. The van der Waals surface area contributed by atoms with Crippen LogP contribution in [-0.2, 0) is 4.79 Å². The normalized spacial score (nSPS) is 9.73. The van der Waals surface area contributed by atoms with E-state index in [1.165, 1.54) is 12.8 Å². The Morgan fingerprint density at radius 2 is 1.93 bits per heavy atom. The maximum atomic E-state index is 11.1. The minimum Gasteiger partial charge on any atom is -0.338 e. The van der Waals surface area contributed by atoms with Gasteiger partial charge in [-0.25, -0.2) is 4.79 Å². The maximum absolute atomic E-state index is 11.1. The van der Waals surface area contributed by atoms with E-state index in [0.29, 0.717) is 12.3 Å². The van der Waals surface area contributed by atoms with Gasteiger partial charge >= 0.3 is 6.03 Å². The van der Waals surface area contributed by atoms with Crippen LogP contribution in [-0.4, -0.2) is 24.2 Å². The van der Waals surface area contributed by atoms with E-state index in [9.17, 15) is 9.59 Å². The molecule has 88 valence electrons. The first-order valence-corrected chi connectivity index (χ1v) is 6.02. The van der Waals surface area contributed by atoms with Crippen LogP contribution in [0, 0.1) is 0 Å². The molecule has 0 unspecified atom stereocenters. The van der Waals surface area contributed by atoms with Crippen LogP contribution in [0.15, 0.2) is 0 Å². The van der Waals surface area contributed by atoms with Crippen molar-refractivity contribution in [1.29, 1.82) is 0 Å². The first kappa shape index (κ1) is 14.3. The predicted octanol–water partition coefficient (Wildman–Crippen LogP) is 1.71. The van der Waals surface area contributed by atoms with Crippen LogP contribution in [0.2, 0.25) is 0 Å². The van der Waals surface area contributed by atoms with Crippen molar-refractivity contribution in [1.82, 2.24) is 10.6 Å². The van der Waals surface area contributed by atoms with Gasteiger partial charge in [0.1, 0.15) is 0 Å². The molecule has 5 heteroatoms. The molecule has 4 nitrogen and oxygen atoms in total. The molecule has 0 aliphatic carbocycles. The molecule has 0 saturated carbocycles. The number of imide groups is 1. The number of rotatable bonds is 7. The van der Waals surface area contributed by atoms with Crippen molar-refractivity contribution < 1.29 is 9.59 Å². The zero-order valence-electron chi connectivity index (χ0n) is 9.21. The Morgan fingerprint density at radius 3 is 2.53 bits per heavy atom. The van der Waals surface area contributed by atoms with E-state index < -0.39 is 6.03 Å². The highest BCUT2D eigenvalue weighted by molar-refractivity contribution is 7.80. The molecular weight excluding hydrogens is 212 g/mol. The first-order valence-electron chi connectivity index (χ1n) is 5.39. The van der Waals surface area contributed by atoms with Gasteiger partial charge in [0.05, 0.1) is 0 Å². The Hall–Kier alpha value is -0.710. The molecule has 0 aliphatic rings. The highest BCUT2D eigenvalue weighted by Crippen LogP contribution is 1.96. The summed E-state index contributed by atoms with van der Waals surface area (Å²) in [4.78, 5) is 22.1. The van der Waals surface area contributed by atoms with Gasteiger partial charge in [-0.2, -0.15) is 12.6 Å². The molecule has 0 aliphatic heterocycles. The summed E-state index contributed by atoms with van der Waals surface area (Å²) in [6.45, 7) is 2.76. The minimum atomic E-state index is -0.404. The number of nitrogens with one attached hydrogen (secondary N) is 2. The summed E-state index contributed by atoms with van der Waals surface area (Å²) in [6.07, 6.45) is 4.70. The second kappa shape index (κ2) is 9.83. The Balaban J connectivity index is 3.37. The number of amides is 3. The summed E-state index contributed by atoms with van der Waals surface area (Å²) in [7, 11) is 0. The minimum absolute atomic E-state index is 0.270. The van der Waals surface area contributed by atoms with Gasteiger partial charge in [0.25, 0.3) is 0 Å². The van der Waals surface area contributed by atoms with Crippen molar-refractivity contribution in [3.63, 3.8) is 0 Å². The molecule has 0 aromatic carbocycles. The van der Waals surface area contributed by atoms with Crippen molar-refractivity contribution in [2.45, 2.75) is 39.0 Å². The lowest BCUT2D eigenvalue weighted by Gasteiger charge is -2.05.